The van der Waals surface area contributed by atoms with Crippen molar-refractivity contribution in [2.24, 2.45) is 0 Å². The molecule has 0 aromatic carbocycles. The van der Waals surface area contributed by atoms with E-state index in [4.69, 9.17) is 18.5 Å². The van der Waals surface area contributed by atoms with Crippen LogP contribution < -0.4 is 0 Å². The van der Waals surface area contributed by atoms with E-state index in [2.05, 4.69) is 73.8 Å². The maximum atomic E-state index is 12.7. The first-order chi connectivity index (χ1) is 27.3. The monoisotopic (exact) mass is 823 g/mol. The van der Waals surface area contributed by atoms with Crippen LogP contribution in [0, 0.1) is 0 Å². The molecule has 0 amide bonds. The number of aliphatic hydroxyl groups is 1. The van der Waals surface area contributed by atoms with Crippen LogP contribution in [0.15, 0.2) is 72.9 Å². The Kier molecular flexibility index (Phi) is 36.0. The Morgan fingerprint density at radius 1 is 0.614 bits per heavy atom. The first kappa shape index (κ1) is 54.4. The fourth-order valence-electron chi connectivity index (χ4n) is 5.29. The van der Waals surface area contributed by atoms with Gasteiger partial charge in [-0.25, -0.2) is 4.57 Å². The van der Waals surface area contributed by atoms with E-state index in [0.717, 1.165) is 83.5 Å². The van der Waals surface area contributed by atoms with E-state index in [1.807, 2.05) is 34.1 Å². The normalized spacial score (nSPS) is 14.9. The second-order valence-corrected chi connectivity index (χ2v) is 17.1. The van der Waals surface area contributed by atoms with Gasteiger partial charge in [0, 0.05) is 12.8 Å². The number of phosphoric acid groups is 1. The van der Waals surface area contributed by atoms with Gasteiger partial charge in [-0.3, -0.25) is 18.6 Å². The summed E-state index contributed by atoms with van der Waals surface area (Å²) in [5, 5.41) is 9.27. The number of carbonyl (C=O) groups is 2. The molecule has 0 fully saturated rings. The number of carbonyl (C=O) groups excluding carboxylic acids is 2. The van der Waals surface area contributed by atoms with Crippen LogP contribution >= 0.6 is 7.82 Å². The lowest BCUT2D eigenvalue weighted by Crippen LogP contribution is -2.37. The molecule has 0 heterocycles. The zero-order valence-corrected chi connectivity index (χ0v) is 37.3. The summed E-state index contributed by atoms with van der Waals surface area (Å²) >= 11 is 0. The van der Waals surface area contributed by atoms with Crippen molar-refractivity contribution in [3.63, 3.8) is 0 Å². The zero-order valence-electron chi connectivity index (χ0n) is 36.4. The van der Waals surface area contributed by atoms with E-state index in [-0.39, 0.29) is 32.2 Å². The van der Waals surface area contributed by atoms with Crippen LogP contribution in [0.2, 0.25) is 0 Å². The summed E-state index contributed by atoms with van der Waals surface area (Å²) in [6.45, 7) is 3.83. The molecular formula is C46H81NO9P+. The van der Waals surface area contributed by atoms with E-state index < -0.39 is 32.5 Å². The number of aliphatic hydroxyl groups excluding tert-OH is 1. The van der Waals surface area contributed by atoms with Gasteiger partial charge in [0.1, 0.15) is 19.8 Å². The molecule has 0 spiro atoms. The largest absolute Gasteiger partial charge is 0.472 e. The molecule has 0 rings (SSSR count). The molecule has 57 heavy (non-hydrogen) atoms. The van der Waals surface area contributed by atoms with Crippen LogP contribution in [0.4, 0.5) is 0 Å². The molecule has 0 saturated heterocycles. The number of allylic oxidation sites excluding steroid dienone is 12. The number of ether oxygens (including phenoxy) is 2. The van der Waals surface area contributed by atoms with Gasteiger partial charge >= 0.3 is 19.8 Å². The van der Waals surface area contributed by atoms with Gasteiger partial charge in [-0.1, -0.05) is 112 Å². The van der Waals surface area contributed by atoms with Crippen LogP contribution in [-0.2, 0) is 32.7 Å². The van der Waals surface area contributed by atoms with Gasteiger partial charge in [0.15, 0.2) is 6.10 Å². The van der Waals surface area contributed by atoms with Crippen LogP contribution in [0.3, 0.4) is 0 Å². The van der Waals surface area contributed by atoms with Gasteiger partial charge in [-0.2, -0.15) is 0 Å². The molecule has 0 radical (unpaired) electrons. The van der Waals surface area contributed by atoms with Crippen molar-refractivity contribution < 1.29 is 47.2 Å². The third-order valence-electron chi connectivity index (χ3n) is 8.73. The van der Waals surface area contributed by atoms with Gasteiger partial charge in [-0.05, 0) is 96.8 Å². The van der Waals surface area contributed by atoms with Gasteiger partial charge in [-0.15, -0.1) is 0 Å². The topological polar surface area (TPSA) is 129 Å². The van der Waals surface area contributed by atoms with Crippen molar-refractivity contribution in [3.05, 3.63) is 72.9 Å². The SMILES string of the molecule is CCCCC/C=C\C/C=C\CCCCCCCC(=O)O[C@H](COC(=O)CCC/C=C\C/C=C\C/C=C\C/C=C\CCC[C@@H](C)O)COP(=O)(O)OCC[N+](C)(C)C. The van der Waals surface area contributed by atoms with Crippen LogP contribution in [-0.4, -0.2) is 86.1 Å². The average Bonchev–Trinajstić information content (AvgIpc) is 3.14. The van der Waals surface area contributed by atoms with Crippen LogP contribution in [0.25, 0.3) is 0 Å². The van der Waals surface area contributed by atoms with Crippen molar-refractivity contribution in [2.75, 3.05) is 47.5 Å². The molecule has 3 atom stereocenters. The highest BCUT2D eigenvalue weighted by Crippen LogP contribution is 2.43. The molecule has 0 aliphatic heterocycles. The Labute approximate surface area is 347 Å². The summed E-state index contributed by atoms with van der Waals surface area (Å²) in [7, 11) is 1.41. The van der Waals surface area contributed by atoms with E-state index >= 15 is 0 Å². The Hall–Kier alpha value is -2.59. The second-order valence-electron chi connectivity index (χ2n) is 15.7. The lowest BCUT2D eigenvalue weighted by molar-refractivity contribution is -0.870. The average molecular weight is 823 g/mol. The number of hydrogen-bond donors (Lipinski definition) is 2. The second kappa shape index (κ2) is 37.7. The first-order valence-electron chi connectivity index (χ1n) is 21.7. The number of quaternary nitrogens is 1. The van der Waals surface area contributed by atoms with Crippen molar-refractivity contribution in [3.8, 4) is 0 Å². The number of nitrogens with zero attached hydrogens (tertiary/aromatic N) is 1. The Bertz CT molecular complexity index is 1220. The third kappa shape index (κ3) is 42.8. The molecule has 328 valence electrons. The summed E-state index contributed by atoms with van der Waals surface area (Å²) in [6, 6.07) is 0. The predicted molar refractivity (Wildman–Crippen MR) is 235 cm³/mol. The minimum absolute atomic E-state index is 0.0113. The Balaban J connectivity index is 4.50. The molecule has 0 aromatic rings. The minimum atomic E-state index is -4.40. The molecule has 0 bridgehead atoms. The Morgan fingerprint density at radius 2 is 1.09 bits per heavy atom. The van der Waals surface area contributed by atoms with E-state index in [0.29, 0.717) is 23.9 Å². The highest BCUT2D eigenvalue weighted by molar-refractivity contribution is 7.47. The summed E-state index contributed by atoms with van der Waals surface area (Å²) < 4.78 is 34.2. The van der Waals surface area contributed by atoms with E-state index in [1.54, 1.807) is 0 Å². The lowest BCUT2D eigenvalue weighted by atomic mass is 10.1. The molecule has 2 N–H and O–H groups in total. The van der Waals surface area contributed by atoms with E-state index in [9.17, 15) is 24.2 Å². The van der Waals surface area contributed by atoms with Gasteiger partial charge in [0.05, 0.1) is 33.9 Å². The fraction of sp³-hybridized carbons (Fsp3) is 0.696. The van der Waals surface area contributed by atoms with Crippen molar-refractivity contribution in [1.29, 1.82) is 0 Å². The summed E-state index contributed by atoms with van der Waals surface area (Å²) in [4.78, 5) is 35.3. The lowest BCUT2D eigenvalue weighted by Gasteiger charge is -2.24. The molecular weight excluding hydrogens is 741 g/mol. The number of unbranched alkanes of at least 4 members (excludes halogenated alkanes) is 10. The summed E-state index contributed by atoms with van der Waals surface area (Å²) in [5.74, 6) is -0.904. The minimum Gasteiger partial charge on any atom is -0.462 e. The fourth-order valence-corrected chi connectivity index (χ4v) is 6.03. The van der Waals surface area contributed by atoms with Crippen molar-refractivity contribution >= 4 is 19.8 Å². The number of likely N-dealkylation sites (N-methyl/N-ethyl adjacent to an activating group) is 1. The highest BCUT2D eigenvalue weighted by Gasteiger charge is 2.27. The molecule has 0 saturated carbocycles. The molecule has 11 heteroatoms. The zero-order chi connectivity index (χ0) is 42.3. The summed E-state index contributed by atoms with van der Waals surface area (Å²) in [6.07, 6.45) is 43.7. The van der Waals surface area contributed by atoms with Gasteiger partial charge in [0.25, 0.3) is 0 Å². The van der Waals surface area contributed by atoms with Crippen molar-refractivity contribution in [2.45, 2.75) is 161 Å². The number of hydrogen-bond acceptors (Lipinski definition) is 8. The van der Waals surface area contributed by atoms with Crippen molar-refractivity contribution in [1.82, 2.24) is 0 Å². The predicted octanol–water partition coefficient (Wildman–Crippen LogP) is 11.2. The van der Waals surface area contributed by atoms with E-state index in [1.165, 1.54) is 25.7 Å². The quantitative estimate of drug-likeness (QED) is 0.0206. The maximum Gasteiger partial charge on any atom is 0.472 e. The first-order valence-corrected chi connectivity index (χ1v) is 23.2. The molecule has 0 aliphatic carbocycles. The molecule has 0 aromatic heterocycles. The Morgan fingerprint density at radius 3 is 1.63 bits per heavy atom. The standard InChI is InChI=1S/C46H80NO9P/c1-6-7-8-9-10-11-12-13-15-20-23-26-29-32-35-38-46(50)56-44(42-55-57(51,52)54-40-39-47(3,4)5)41-53-45(49)37-34-31-28-25-22-19-17-14-16-18-21-24-27-30-33-36-43(2)48/h10-11,13,15-19,24-25,27-28,43-44,48H,6-9,12,14,20-23,26,29-42H2,1-5H3/p+1/b11-10-,15-13-,18-16-,19-17-,27-24-,28-25-/t43-,44-/m1/s1. The number of esters is 2. The van der Waals surface area contributed by atoms with Gasteiger partial charge in [0.2, 0.25) is 0 Å². The highest BCUT2D eigenvalue weighted by atomic mass is 31.2. The molecule has 10 nitrogen and oxygen atoms in total. The number of rotatable bonds is 38. The number of phosphoric ester groups is 1. The van der Waals surface area contributed by atoms with Crippen LogP contribution in [0.5, 0.6) is 0 Å². The van der Waals surface area contributed by atoms with Crippen LogP contribution in [0.1, 0.15) is 149 Å². The summed E-state index contributed by atoms with van der Waals surface area (Å²) in [5.41, 5.74) is 0. The maximum absolute atomic E-state index is 12.7. The third-order valence-corrected chi connectivity index (χ3v) is 9.71. The molecule has 0 aliphatic rings. The van der Waals surface area contributed by atoms with Gasteiger partial charge < -0.3 is 24.0 Å². The molecule has 1 unspecified atom stereocenters. The smallest absolute Gasteiger partial charge is 0.462 e.